The minimum absolute atomic E-state index is 0.212. The highest BCUT2D eigenvalue weighted by Gasteiger charge is 2.37. The lowest BCUT2D eigenvalue weighted by Gasteiger charge is -2.01. The van der Waals surface area contributed by atoms with E-state index >= 15 is 0 Å². The Hall–Kier alpha value is -2.51. The van der Waals surface area contributed by atoms with Crippen molar-refractivity contribution >= 4 is 40.9 Å². The van der Waals surface area contributed by atoms with Crippen molar-refractivity contribution in [3.63, 3.8) is 0 Å². The highest BCUT2D eigenvalue weighted by molar-refractivity contribution is 6.91. The van der Waals surface area contributed by atoms with Crippen LogP contribution in [0.25, 0.3) is 0 Å². The van der Waals surface area contributed by atoms with Crippen molar-refractivity contribution in [1.29, 1.82) is 0 Å². The number of hydrogen-bond acceptors (Lipinski definition) is 8. The molecule has 0 aromatic rings. The van der Waals surface area contributed by atoms with Crippen LogP contribution in [-0.2, 0) is 38.3 Å². The van der Waals surface area contributed by atoms with Gasteiger partial charge in [-0.3, -0.25) is 28.8 Å². The highest BCUT2D eigenvalue weighted by Crippen LogP contribution is 2.07. The smallest absolute Gasteiger partial charge is 0.387 e. The first-order valence-electron chi connectivity index (χ1n) is 7.65. The van der Waals surface area contributed by atoms with Gasteiger partial charge >= 0.3 is 17.7 Å². The molecular weight excluding hydrogens is 320 g/mol. The average molecular weight is 340 g/mol. The third kappa shape index (κ3) is 7.66. The van der Waals surface area contributed by atoms with E-state index < -0.39 is 40.9 Å². The predicted molar refractivity (Wildman–Crippen MR) is 79.8 cm³/mol. The molecule has 0 aromatic heterocycles. The molecule has 0 unspecified atom stereocenters. The summed E-state index contributed by atoms with van der Waals surface area (Å²) in [7, 11) is 0. The Kier molecular flexibility index (Phi) is 9.93. The van der Waals surface area contributed by atoms with Crippen LogP contribution in [0.4, 0.5) is 0 Å². The minimum Gasteiger partial charge on any atom is -0.387 e. The van der Waals surface area contributed by atoms with Crippen molar-refractivity contribution in [3.05, 3.63) is 0 Å². The van der Waals surface area contributed by atoms with E-state index in [0.29, 0.717) is 12.8 Å². The second-order valence-electron chi connectivity index (χ2n) is 5.14. The average Bonchev–Trinajstić information content (AvgIpc) is 2.54. The maximum Gasteiger partial charge on any atom is 0.391 e. The van der Waals surface area contributed by atoms with Gasteiger partial charge in [0, 0.05) is 13.3 Å². The SMILES string of the molecule is CCCCCCCCC(=O)C(=O)C(=O)C(=O)C(=O)C(=O)OC(C)=O. The van der Waals surface area contributed by atoms with Crippen molar-refractivity contribution in [3.8, 4) is 0 Å². The number of ether oxygens (including phenoxy) is 1. The van der Waals surface area contributed by atoms with Crippen LogP contribution >= 0.6 is 0 Å². The van der Waals surface area contributed by atoms with Crippen LogP contribution in [0.2, 0.25) is 0 Å². The van der Waals surface area contributed by atoms with Gasteiger partial charge in [0.2, 0.25) is 5.78 Å². The Bertz CT molecular complexity index is 558. The molecule has 8 heteroatoms. The molecule has 0 atom stereocenters. The number of Topliss-reactive ketones (excluding diaryl/α,β-unsaturated/α-hetero) is 5. The normalized spacial score (nSPS) is 9.92. The van der Waals surface area contributed by atoms with E-state index in [4.69, 9.17) is 0 Å². The molecule has 0 saturated heterocycles. The first-order chi connectivity index (χ1) is 11.2. The molecule has 8 nitrogen and oxygen atoms in total. The van der Waals surface area contributed by atoms with E-state index in [1.807, 2.05) is 0 Å². The summed E-state index contributed by atoms with van der Waals surface area (Å²) < 4.78 is 3.84. The molecule has 0 N–H and O–H groups in total. The molecule has 0 amide bonds. The van der Waals surface area contributed by atoms with Crippen LogP contribution in [0.3, 0.4) is 0 Å². The number of carbonyl (C=O) groups excluding carboxylic acids is 7. The Balaban J connectivity index is 4.43. The maximum absolute atomic E-state index is 11.5. The molecule has 0 aromatic carbocycles. The standard InChI is InChI=1S/C16H20O8/c1-3-4-5-6-7-8-9-11(18)12(19)13(20)14(21)15(22)16(23)24-10(2)17/h3-9H2,1-2H3. The number of hydrogen-bond donors (Lipinski definition) is 0. The van der Waals surface area contributed by atoms with Gasteiger partial charge in [-0.2, -0.15) is 0 Å². The Labute approximate surface area is 138 Å². The quantitative estimate of drug-likeness (QED) is 0.219. The van der Waals surface area contributed by atoms with Gasteiger partial charge < -0.3 is 4.74 Å². The van der Waals surface area contributed by atoms with Crippen molar-refractivity contribution in [2.75, 3.05) is 0 Å². The van der Waals surface area contributed by atoms with Gasteiger partial charge in [-0.25, -0.2) is 4.79 Å². The summed E-state index contributed by atoms with van der Waals surface area (Å²) in [4.78, 5) is 78.7. The lowest BCUT2D eigenvalue weighted by molar-refractivity contribution is -0.165. The Morgan fingerprint density at radius 3 is 1.71 bits per heavy atom. The number of ketones is 5. The first kappa shape index (κ1) is 21.5. The summed E-state index contributed by atoms with van der Waals surface area (Å²) in [6.45, 7) is 2.87. The first-order valence-corrected chi connectivity index (χ1v) is 7.65. The molecule has 0 radical (unpaired) electrons. The molecule has 0 aliphatic rings. The zero-order valence-electron chi connectivity index (χ0n) is 13.7. The molecule has 0 heterocycles. The van der Waals surface area contributed by atoms with Crippen LogP contribution < -0.4 is 0 Å². The summed E-state index contributed by atoms with van der Waals surface area (Å²) >= 11 is 0. The van der Waals surface area contributed by atoms with Gasteiger partial charge in [-0.1, -0.05) is 39.0 Å². The lowest BCUT2D eigenvalue weighted by atomic mass is 10.0. The number of esters is 2. The van der Waals surface area contributed by atoms with E-state index in [1.54, 1.807) is 0 Å². The largest absolute Gasteiger partial charge is 0.391 e. The fourth-order valence-corrected chi connectivity index (χ4v) is 1.78. The van der Waals surface area contributed by atoms with E-state index in [9.17, 15) is 33.6 Å². The van der Waals surface area contributed by atoms with Crippen LogP contribution in [0.1, 0.15) is 58.8 Å². The van der Waals surface area contributed by atoms with Crippen LogP contribution in [0, 0.1) is 0 Å². The topological polar surface area (TPSA) is 129 Å². The molecule has 0 saturated carbocycles. The summed E-state index contributed by atoms with van der Waals surface area (Å²) in [5.74, 6) is -11.6. The van der Waals surface area contributed by atoms with Gasteiger partial charge in [-0.05, 0) is 6.42 Å². The predicted octanol–water partition coefficient (Wildman–Crippen LogP) is 0.672. The molecule has 0 spiro atoms. The lowest BCUT2D eigenvalue weighted by Crippen LogP contribution is -2.38. The molecular formula is C16H20O8. The summed E-state index contributed by atoms with van der Waals surface area (Å²) in [5, 5.41) is 0. The molecule has 0 rings (SSSR count). The fraction of sp³-hybridized carbons (Fsp3) is 0.562. The summed E-state index contributed by atoms with van der Waals surface area (Å²) in [6.07, 6.45) is 4.89. The minimum atomic E-state index is -1.98. The molecule has 0 bridgehead atoms. The highest BCUT2D eigenvalue weighted by atomic mass is 16.6. The second kappa shape index (κ2) is 11.1. The van der Waals surface area contributed by atoms with Crippen molar-refractivity contribution in [1.82, 2.24) is 0 Å². The van der Waals surface area contributed by atoms with E-state index in [2.05, 4.69) is 11.7 Å². The van der Waals surface area contributed by atoms with Gasteiger partial charge in [0.05, 0.1) is 0 Å². The molecule has 132 valence electrons. The summed E-state index contributed by atoms with van der Waals surface area (Å²) in [6, 6.07) is 0. The van der Waals surface area contributed by atoms with E-state index in [-0.39, 0.29) is 6.42 Å². The molecule has 0 fully saturated rings. The van der Waals surface area contributed by atoms with Gasteiger partial charge in [0.25, 0.3) is 17.3 Å². The van der Waals surface area contributed by atoms with Crippen molar-refractivity contribution in [2.24, 2.45) is 0 Å². The zero-order chi connectivity index (χ0) is 18.7. The van der Waals surface area contributed by atoms with Crippen LogP contribution in [-0.4, -0.2) is 40.9 Å². The number of unbranched alkanes of at least 4 members (excludes halogenated alkanes) is 5. The van der Waals surface area contributed by atoms with Crippen molar-refractivity contribution < 1.29 is 38.3 Å². The van der Waals surface area contributed by atoms with Gasteiger partial charge in [0.1, 0.15) is 0 Å². The zero-order valence-corrected chi connectivity index (χ0v) is 13.7. The van der Waals surface area contributed by atoms with Crippen LogP contribution in [0.5, 0.6) is 0 Å². The third-order valence-corrected chi connectivity index (χ3v) is 3.05. The van der Waals surface area contributed by atoms with Gasteiger partial charge in [0.15, 0.2) is 0 Å². The second-order valence-corrected chi connectivity index (χ2v) is 5.14. The fourth-order valence-electron chi connectivity index (χ4n) is 1.78. The number of rotatable bonds is 12. The monoisotopic (exact) mass is 340 g/mol. The Morgan fingerprint density at radius 1 is 0.667 bits per heavy atom. The van der Waals surface area contributed by atoms with Gasteiger partial charge in [-0.15, -0.1) is 0 Å². The molecule has 0 aliphatic carbocycles. The molecule has 24 heavy (non-hydrogen) atoms. The molecule has 0 aliphatic heterocycles. The van der Waals surface area contributed by atoms with E-state index in [1.165, 1.54) is 0 Å². The summed E-state index contributed by atoms with van der Waals surface area (Å²) in [5.41, 5.74) is 0. The third-order valence-electron chi connectivity index (χ3n) is 3.05. The Morgan fingerprint density at radius 2 is 1.17 bits per heavy atom. The van der Waals surface area contributed by atoms with Crippen molar-refractivity contribution in [2.45, 2.75) is 58.8 Å². The maximum atomic E-state index is 11.5. The van der Waals surface area contributed by atoms with Crippen LogP contribution in [0.15, 0.2) is 0 Å². The number of carbonyl (C=O) groups is 7. The van der Waals surface area contributed by atoms with E-state index in [0.717, 1.165) is 32.6 Å².